The predicted molar refractivity (Wildman–Crippen MR) is 79.0 cm³/mol. The Bertz CT molecular complexity index is 598. The van der Waals surface area contributed by atoms with Crippen LogP contribution in [0.5, 0.6) is 0 Å². The zero-order chi connectivity index (χ0) is 14.8. The van der Waals surface area contributed by atoms with Crippen molar-refractivity contribution >= 4 is 16.8 Å². The Morgan fingerprint density at radius 2 is 2.10 bits per heavy atom. The Kier molecular flexibility index (Phi) is 4.11. The molecular weight excluding hydrogens is 254 g/mol. The number of rotatable bonds is 4. The van der Waals surface area contributed by atoms with Crippen molar-refractivity contribution in [3.8, 4) is 0 Å². The van der Waals surface area contributed by atoms with Crippen LogP contribution in [-0.2, 0) is 16.1 Å². The van der Waals surface area contributed by atoms with Crippen LogP contribution in [0.25, 0.3) is 10.9 Å². The molecule has 20 heavy (non-hydrogen) atoms. The first kappa shape index (κ1) is 14.6. The van der Waals surface area contributed by atoms with Gasteiger partial charge in [0.1, 0.15) is 0 Å². The number of carbonyl (C=O) groups is 1. The van der Waals surface area contributed by atoms with Gasteiger partial charge >= 0.3 is 0 Å². The highest BCUT2D eigenvalue weighted by Crippen LogP contribution is 2.18. The van der Waals surface area contributed by atoms with Gasteiger partial charge in [0.15, 0.2) is 0 Å². The number of hydrogen-bond donors (Lipinski definition) is 3. The molecule has 0 bridgehead atoms. The van der Waals surface area contributed by atoms with E-state index in [0.29, 0.717) is 6.42 Å². The summed E-state index contributed by atoms with van der Waals surface area (Å²) in [6, 6.07) is 7.29. The fourth-order valence-corrected chi connectivity index (χ4v) is 1.91. The highest BCUT2D eigenvalue weighted by molar-refractivity contribution is 5.85. The van der Waals surface area contributed by atoms with Gasteiger partial charge in [-0.05, 0) is 38.8 Å². The molecule has 2 aromatic rings. The van der Waals surface area contributed by atoms with Crippen LogP contribution >= 0.6 is 0 Å². The van der Waals surface area contributed by atoms with Gasteiger partial charge in [-0.25, -0.2) is 5.48 Å². The molecule has 0 aliphatic rings. The molecule has 0 aliphatic carbocycles. The number of nitrogens with two attached hydrogens (primary N) is 1. The van der Waals surface area contributed by atoms with Crippen molar-refractivity contribution in [1.29, 1.82) is 0 Å². The van der Waals surface area contributed by atoms with Crippen molar-refractivity contribution in [3.63, 3.8) is 0 Å². The topological polar surface area (TPSA) is 80.1 Å². The number of hydrogen-bond acceptors (Lipinski definition) is 3. The Morgan fingerprint density at radius 3 is 2.80 bits per heavy atom. The molecule has 5 nitrogen and oxygen atoms in total. The number of fused-ring (bicyclic) bond motifs is 1. The first-order chi connectivity index (χ1) is 9.37. The van der Waals surface area contributed by atoms with Crippen molar-refractivity contribution in [2.24, 2.45) is 5.73 Å². The van der Waals surface area contributed by atoms with E-state index in [9.17, 15) is 4.79 Å². The molecule has 1 heterocycles. The summed E-state index contributed by atoms with van der Waals surface area (Å²) in [4.78, 5) is 20.3. The average Bonchev–Trinajstić information content (AvgIpc) is 2.78. The lowest BCUT2D eigenvalue weighted by Gasteiger charge is -2.20. The van der Waals surface area contributed by atoms with E-state index in [1.165, 1.54) is 0 Å². The van der Waals surface area contributed by atoms with Crippen LogP contribution in [-0.4, -0.2) is 22.5 Å². The van der Waals surface area contributed by atoms with Gasteiger partial charge in [0.05, 0.1) is 11.6 Å². The van der Waals surface area contributed by atoms with Crippen LogP contribution in [0.2, 0.25) is 0 Å². The summed E-state index contributed by atoms with van der Waals surface area (Å²) >= 11 is 0. The molecule has 0 radical (unpaired) electrons. The van der Waals surface area contributed by atoms with Gasteiger partial charge in [-0.1, -0.05) is 18.2 Å². The SMILES string of the molecule is CC(C)(C)ONC(=O)[C@@H](N)Cc1c[nH]c2ccccc12. The summed E-state index contributed by atoms with van der Waals surface area (Å²) in [5, 5.41) is 1.09. The van der Waals surface area contributed by atoms with Crippen LogP contribution in [0.4, 0.5) is 0 Å². The van der Waals surface area contributed by atoms with Crippen molar-refractivity contribution in [2.75, 3.05) is 0 Å². The van der Waals surface area contributed by atoms with E-state index < -0.39 is 11.6 Å². The molecule has 0 aliphatic heterocycles. The Morgan fingerprint density at radius 1 is 1.40 bits per heavy atom. The van der Waals surface area contributed by atoms with E-state index in [1.54, 1.807) is 0 Å². The van der Waals surface area contributed by atoms with Gasteiger partial charge in [0.25, 0.3) is 5.91 Å². The predicted octanol–water partition coefficient (Wildman–Crippen LogP) is 1.88. The third-order valence-corrected chi connectivity index (χ3v) is 2.91. The number of nitrogens with one attached hydrogen (secondary N) is 2. The lowest BCUT2D eigenvalue weighted by molar-refractivity contribution is -0.146. The highest BCUT2D eigenvalue weighted by Gasteiger charge is 2.19. The molecule has 2 rings (SSSR count). The van der Waals surface area contributed by atoms with Crippen molar-refractivity contribution in [1.82, 2.24) is 10.5 Å². The molecule has 0 saturated heterocycles. The van der Waals surface area contributed by atoms with Gasteiger partial charge in [0, 0.05) is 17.1 Å². The van der Waals surface area contributed by atoms with Crippen LogP contribution in [0, 0.1) is 0 Å². The molecule has 1 amide bonds. The average molecular weight is 275 g/mol. The Hall–Kier alpha value is -1.85. The number of aromatic amines is 1. The number of carbonyl (C=O) groups excluding carboxylic acids is 1. The molecule has 0 spiro atoms. The quantitative estimate of drug-likeness (QED) is 0.745. The smallest absolute Gasteiger partial charge is 0.260 e. The number of hydroxylamine groups is 1. The maximum atomic E-state index is 11.9. The molecule has 5 heteroatoms. The molecule has 0 unspecified atom stereocenters. The number of amides is 1. The fraction of sp³-hybridized carbons (Fsp3) is 0.400. The van der Waals surface area contributed by atoms with Crippen LogP contribution in [0.15, 0.2) is 30.5 Å². The maximum absolute atomic E-state index is 11.9. The number of para-hydroxylation sites is 1. The fourth-order valence-electron chi connectivity index (χ4n) is 1.91. The second kappa shape index (κ2) is 5.64. The lowest BCUT2D eigenvalue weighted by atomic mass is 10.1. The zero-order valence-electron chi connectivity index (χ0n) is 12.1. The molecule has 108 valence electrons. The van der Waals surface area contributed by atoms with Crippen LogP contribution < -0.4 is 11.2 Å². The molecule has 1 aromatic heterocycles. The normalized spacial score (nSPS) is 13.4. The van der Waals surface area contributed by atoms with E-state index in [2.05, 4.69) is 10.5 Å². The first-order valence-corrected chi connectivity index (χ1v) is 6.65. The van der Waals surface area contributed by atoms with E-state index in [1.807, 2.05) is 51.2 Å². The van der Waals surface area contributed by atoms with Crippen LogP contribution in [0.3, 0.4) is 0 Å². The van der Waals surface area contributed by atoms with Gasteiger partial charge < -0.3 is 10.7 Å². The second-order valence-electron chi connectivity index (χ2n) is 5.85. The summed E-state index contributed by atoms with van der Waals surface area (Å²) < 4.78 is 0. The highest BCUT2D eigenvalue weighted by atomic mass is 16.7. The van der Waals surface area contributed by atoms with Gasteiger partial charge in [-0.2, -0.15) is 0 Å². The van der Waals surface area contributed by atoms with Crippen molar-refractivity contribution in [3.05, 3.63) is 36.0 Å². The molecule has 1 aromatic carbocycles. The minimum absolute atomic E-state index is 0.315. The summed E-state index contributed by atoms with van der Waals surface area (Å²) in [5.41, 5.74) is 9.97. The lowest BCUT2D eigenvalue weighted by Crippen LogP contribution is -2.44. The van der Waals surface area contributed by atoms with Crippen molar-refractivity contribution < 1.29 is 9.63 Å². The third-order valence-electron chi connectivity index (χ3n) is 2.91. The van der Waals surface area contributed by atoms with Crippen molar-refractivity contribution in [2.45, 2.75) is 38.8 Å². The van der Waals surface area contributed by atoms with Gasteiger partial charge in [-0.3, -0.25) is 9.63 Å². The third kappa shape index (κ3) is 3.59. The molecule has 0 fully saturated rings. The van der Waals surface area contributed by atoms with Gasteiger partial charge in [0.2, 0.25) is 0 Å². The molecular formula is C15H21N3O2. The number of benzene rings is 1. The standard InChI is InChI=1S/C15H21N3O2/c1-15(2,3)20-18-14(19)12(16)8-10-9-17-13-7-5-4-6-11(10)13/h4-7,9,12,17H,8,16H2,1-3H3,(H,18,19)/t12-/m0/s1. The summed E-state index contributed by atoms with van der Waals surface area (Å²) in [7, 11) is 0. The minimum Gasteiger partial charge on any atom is -0.361 e. The van der Waals surface area contributed by atoms with Gasteiger partial charge in [-0.15, -0.1) is 0 Å². The number of aromatic nitrogens is 1. The monoisotopic (exact) mass is 275 g/mol. The van der Waals surface area contributed by atoms with E-state index in [4.69, 9.17) is 10.6 Å². The molecule has 0 saturated carbocycles. The minimum atomic E-state index is -0.642. The Labute approximate surface area is 118 Å². The molecule has 1 atom stereocenters. The second-order valence-corrected chi connectivity index (χ2v) is 5.85. The van der Waals surface area contributed by atoms with E-state index in [0.717, 1.165) is 16.5 Å². The molecule has 4 N–H and O–H groups in total. The Balaban J connectivity index is 2.00. The summed E-state index contributed by atoms with van der Waals surface area (Å²) in [6.07, 6.45) is 2.35. The zero-order valence-corrected chi connectivity index (χ0v) is 12.1. The van der Waals surface area contributed by atoms with E-state index >= 15 is 0 Å². The summed E-state index contributed by atoms with van der Waals surface area (Å²) in [6.45, 7) is 5.58. The maximum Gasteiger partial charge on any atom is 0.260 e. The number of H-pyrrole nitrogens is 1. The first-order valence-electron chi connectivity index (χ1n) is 6.65. The van der Waals surface area contributed by atoms with E-state index in [-0.39, 0.29) is 5.91 Å². The largest absolute Gasteiger partial charge is 0.361 e. The summed E-state index contributed by atoms with van der Waals surface area (Å²) in [5.74, 6) is -0.315. The van der Waals surface area contributed by atoms with Crippen LogP contribution in [0.1, 0.15) is 26.3 Å².